The van der Waals surface area contributed by atoms with E-state index in [4.69, 9.17) is 0 Å². The van der Waals surface area contributed by atoms with E-state index < -0.39 is 10.0 Å². The van der Waals surface area contributed by atoms with Crippen LogP contribution in [0.1, 0.15) is 57.1 Å². The zero-order valence-electron chi connectivity index (χ0n) is 16.6. The Morgan fingerprint density at radius 2 is 1.59 bits per heavy atom. The smallest absolute Gasteiger partial charge is 0.261 e. The van der Waals surface area contributed by atoms with Crippen molar-refractivity contribution in [2.75, 3.05) is 17.8 Å². The van der Waals surface area contributed by atoms with Gasteiger partial charge in [0.25, 0.3) is 10.0 Å². The van der Waals surface area contributed by atoms with Crippen molar-refractivity contribution >= 4 is 15.7 Å². The third-order valence-corrected chi connectivity index (χ3v) is 6.84. The average molecular weight is 387 g/mol. The van der Waals surface area contributed by atoms with E-state index >= 15 is 0 Å². The number of hydrogen-bond donors (Lipinski definition) is 1. The molecule has 0 bridgehead atoms. The molecule has 1 fully saturated rings. The molecule has 1 N–H and O–H groups in total. The van der Waals surface area contributed by atoms with Gasteiger partial charge >= 0.3 is 0 Å². The van der Waals surface area contributed by atoms with Gasteiger partial charge in [-0.2, -0.15) is 0 Å². The zero-order valence-corrected chi connectivity index (χ0v) is 17.5. The van der Waals surface area contributed by atoms with Crippen LogP contribution >= 0.6 is 0 Å². The van der Waals surface area contributed by atoms with E-state index in [1.54, 1.807) is 12.1 Å². The number of benzene rings is 2. The molecule has 2 aromatic carbocycles. The normalized spacial score (nSPS) is 18.4. The first-order chi connectivity index (χ1) is 12.8. The molecule has 0 amide bonds. The Bertz CT molecular complexity index is 856. The van der Waals surface area contributed by atoms with E-state index in [1.807, 2.05) is 36.4 Å². The highest BCUT2D eigenvalue weighted by Gasteiger charge is 2.25. The minimum absolute atomic E-state index is 0.291. The van der Waals surface area contributed by atoms with Crippen molar-refractivity contribution in [3.63, 3.8) is 0 Å². The third-order valence-electron chi connectivity index (χ3n) is 5.44. The third kappa shape index (κ3) is 4.71. The number of rotatable bonds is 6. The molecule has 2 aromatic rings. The summed E-state index contributed by atoms with van der Waals surface area (Å²) < 4.78 is 27.9. The Labute approximate surface area is 163 Å². The molecular weight excluding hydrogens is 356 g/mol. The lowest BCUT2D eigenvalue weighted by Crippen LogP contribution is -2.27. The Hall–Kier alpha value is -1.85. The first-order valence-corrected chi connectivity index (χ1v) is 11.2. The average Bonchev–Trinajstić information content (AvgIpc) is 3.12. The van der Waals surface area contributed by atoms with Crippen molar-refractivity contribution in [3.05, 3.63) is 59.7 Å². The van der Waals surface area contributed by atoms with E-state index in [0.717, 1.165) is 25.1 Å². The number of anilines is 1. The molecule has 1 aliphatic heterocycles. The second-order valence-corrected chi connectivity index (χ2v) is 9.71. The molecule has 3 rings (SSSR count). The van der Waals surface area contributed by atoms with Crippen molar-refractivity contribution in [1.29, 1.82) is 0 Å². The van der Waals surface area contributed by atoms with Crippen LogP contribution in [0, 0.1) is 0 Å². The molecule has 0 unspecified atom stereocenters. The van der Waals surface area contributed by atoms with Crippen LogP contribution in [0.4, 0.5) is 5.69 Å². The fourth-order valence-electron chi connectivity index (χ4n) is 3.60. The minimum atomic E-state index is -3.57. The maximum Gasteiger partial charge on any atom is 0.261 e. The van der Waals surface area contributed by atoms with E-state index in [1.165, 1.54) is 5.56 Å². The standard InChI is InChI=1S/C22H30N2O2S/c1-16(2)18-7-11-22(12-8-18)27(25,26)23-21-9-5-19(6-10-21)20-13-14-24(15-20)17(3)4/h5-12,16-17,20,23H,13-15H2,1-4H3/t20-/m1/s1. The van der Waals surface area contributed by atoms with Gasteiger partial charge in [0.05, 0.1) is 4.90 Å². The molecule has 4 nitrogen and oxygen atoms in total. The van der Waals surface area contributed by atoms with Gasteiger partial charge in [-0.25, -0.2) is 8.42 Å². The number of likely N-dealkylation sites (tertiary alicyclic amines) is 1. The predicted molar refractivity (Wildman–Crippen MR) is 112 cm³/mol. The SMILES string of the molecule is CC(C)c1ccc(S(=O)(=O)Nc2ccc([C@@H]3CCN(C(C)C)C3)cc2)cc1. The molecule has 146 valence electrons. The summed E-state index contributed by atoms with van der Waals surface area (Å²) in [6.45, 7) is 10.8. The monoisotopic (exact) mass is 386 g/mol. The van der Waals surface area contributed by atoms with Crippen LogP contribution in [0.5, 0.6) is 0 Å². The second kappa shape index (κ2) is 8.03. The molecule has 0 aliphatic carbocycles. The van der Waals surface area contributed by atoms with Gasteiger partial charge < -0.3 is 4.90 Å². The first-order valence-electron chi connectivity index (χ1n) is 9.73. The van der Waals surface area contributed by atoms with E-state index in [0.29, 0.717) is 28.5 Å². The summed E-state index contributed by atoms with van der Waals surface area (Å²) in [7, 11) is -3.57. The molecule has 0 radical (unpaired) electrons. The summed E-state index contributed by atoms with van der Waals surface area (Å²) in [5.41, 5.74) is 3.01. The summed E-state index contributed by atoms with van der Waals surface area (Å²) in [6, 6.07) is 15.5. The lowest BCUT2D eigenvalue weighted by atomic mass is 9.98. The maximum absolute atomic E-state index is 12.6. The Balaban J connectivity index is 1.68. The molecule has 1 aliphatic rings. The topological polar surface area (TPSA) is 49.4 Å². The lowest BCUT2D eigenvalue weighted by molar-refractivity contribution is 0.272. The van der Waals surface area contributed by atoms with Gasteiger partial charge in [-0.1, -0.05) is 38.1 Å². The summed E-state index contributed by atoms with van der Waals surface area (Å²) in [4.78, 5) is 2.78. The van der Waals surface area contributed by atoms with E-state index in [-0.39, 0.29) is 0 Å². The van der Waals surface area contributed by atoms with Gasteiger partial charge in [-0.15, -0.1) is 0 Å². The number of hydrogen-bond acceptors (Lipinski definition) is 3. The summed E-state index contributed by atoms with van der Waals surface area (Å²) in [6.07, 6.45) is 1.16. The Morgan fingerprint density at radius 1 is 0.963 bits per heavy atom. The zero-order chi connectivity index (χ0) is 19.6. The van der Waals surface area contributed by atoms with Crippen LogP contribution in [0.25, 0.3) is 0 Å². The van der Waals surface area contributed by atoms with Gasteiger partial charge in [0.1, 0.15) is 0 Å². The van der Waals surface area contributed by atoms with Crippen molar-refractivity contribution in [3.8, 4) is 0 Å². The molecular formula is C22H30N2O2S. The Kier molecular flexibility index (Phi) is 5.92. The van der Waals surface area contributed by atoms with Crippen molar-refractivity contribution < 1.29 is 8.42 Å². The largest absolute Gasteiger partial charge is 0.300 e. The van der Waals surface area contributed by atoms with Crippen molar-refractivity contribution in [2.24, 2.45) is 0 Å². The van der Waals surface area contributed by atoms with Gasteiger partial charge in [-0.05, 0) is 74.0 Å². The lowest BCUT2D eigenvalue weighted by Gasteiger charge is -2.20. The summed E-state index contributed by atoms with van der Waals surface area (Å²) >= 11 is 0. The molecule has 0 spiro atoms. The molecule has 5 heteroatoms. The highest BCUT2D eigenvalue weighted by Crippen LogP contribution is 2.29. The van der Waals surface area contributed by atoms with Crippen molar-refractivity contribution in [1.82, 2.24) is 4.90 Å². The second-order valence-electron chi connectivity index (χ2n) is 8.03. The van der Waals surface area contributed by atoms with Gasteiger partial charge in [-0.3, -0.25) is 4.72 Å². The molecule has 0 aromatic heterocycles. The first kappa shape index (κ1) is 19.9. The van der Waals surface area contributed by atoms with Gasteiger partial charge in [0.15, 0.2) is 0 Å². The van der Waals surface area contributed by atoms with Crippen molar-refractivity contribution in [2.45, 2.75) is 56.9 Å². The quantitative estimate of drug-likeness (QED) is 0.775. The van der Waals surface area contributed by atoms with Crippen LogP contribution in [-0.4, -0.2) is 32.4 Å². The molecule has 27 heavy (non-hydrogen) atoms. The van der Waals surface area contributed by atoms with Gasteiger partial charge in [0, 0.05) is 18.3 Å². The highest BCUT2D eigenvalue weighted by atomic mass is 32.2. The van der Waals surface area contributed by atoms with Gasteiger partial charge in [0.2, 0.25) is 0 Å². The van der Waals surface area contributed by atoms with E-state index in [2.05, 4.69) is 37.3 Å². The Morgan fingerprint density at radius 3 is 2.11 bits per heavy atom. The molecule has 0 saturated carbocycles. The molecule has 1 heterocycles. The van der Waals surface area contributed by atoms with Crippen LogP contribution in [0.2, 0.25) is 0 Å². The van der Waals surface area contributed by atoms with Crippen LogP contribution in [0.15, 0.2) is 53.4 Å². The fraction of sp³-hybridized carbons (Fsp3) is 0.455. The molecule has 1 saturated heterocycles. The van der Waals surface area contributed by atoms with E-state index in [9.17, 15) is 8.42 Å². The van der Waals surface area contributed by atoms with Crippen LogP contribution in [-0.2, 0) is 10.0 Å². The molecule has 1 atom stereocenters. The fourth-order valence-corrected chi connectivity index (χ4v) is 4.66. The summed E-state index contributed by atoms with van der Waals surface area (Å²) in [5, 5.41) is 0. The number of sulfonamides is 1. The number of nitrogens with one attached hydrogen (secondary N) is 1. The van der Waals surface area contributed by atoms with Crippen LogP contribution in [0.3, 0.4) is 0 Å². The number of nitrogens with zero attached hydrogens (tertiary/aromatic N) is 1. The summed E-state index contributed by atoms with van der Waals surface area (Å²) in [5.74, 6) is 0.908. The maximum atomic E-state index is 12.6. The predicted octanol–water partition coefficient (Wildman–Crippen LogP) is 4.81. The van der Waals surface area contributed by atoms with Crippen LogP contribution < -0.4 is 4.72 Å². The highest BCUT2D eigenvalue weighted by molar-refractivity contribution is 7.92. The minimum Gasteiger partial charge on any atom is -0.300 e.